The molecule has 0 atom stereocenters. The molecule has 0 amide bonds. The van der Waals surface area contributed by atoms with Gasteiger partial charge in [-0.25, -0.2) is 12.8 Å². The summed E-state index contributed by atoms with van der Waals surface area (Å²) in [6.07, 6.45) is 0.300. The van der Waals surface area contributed by atoms with E-state index in [1.807, 2.05) is 0 Å². The van der Waals surface area contributed by atoms with Gasteiger partial charge in [-0.1, -0.05) is 19.1 Å². The van der Waals surface area contributed by atoms with E-state index in [0.29, 0.717) is 12.0 Å². The summed E-state index contributed by atoms with van der Waals surface area (Å²) in [7, 11) is -3.82. The number of benzene rings is 2. The fraction of sp³-hybridized carbons (Fsp3) is 0.133. The van der Waals surface area contributed by atoms with Crippen molar-refractivity contribution in [2.24, 2.45) is 0 Å². The maximum atomic E-state index is 12.8. The first kappa shape index (κ1) is 15.2. The summed E-state index contributed by atoms with van der Waals surface area (Å²) in [5.74, 6) is -0.581. The largest absolute Gasteiger partial charge is 0.294 e. The second kappa shape index (κ2) is 6.05. The number of carbonyl (C=O) groups excluding carboxylic acids is 1. The van der Waals surface area contributed by atoms with Crippen molar-refractivity contribution in [2.45, 2.75) is 18.2 Å². The summed E-state index contributed by atoms with van der Waals surface area (Å²) in [6, 6.07) is 10.8. The number of anilines is 1. The van der Waals surface area contributed by atoms with E-state index >= 15 is 0 Å². The van der Waals surface area contributed by atoms with Crippen molar-refractivity contribution >= 4 is 21.5 Å². The van der Waals surface area contributed by atoms with Gasteiger partial charge in [0.1, 0.15) is 5.82 Å². The maximum absolute atomic E-state index is 12.8. The van der Waals surface area contributed by atoms with Crippen LogP contribution in [0.15, 0.2) is 53.4 Å². The monoisotopic (exact) mass is 307 g/mol. The summed E-state index contributed by atoms with van der Waals surface area (Å²) < 4.78 is 39.6. The predicted molar refractivity (Wildman–Crippen MR) is 78.3 cm³/mol. The fourth-order valence-electron chi connectivity index (χ4n) is 1.77. The Labute approximate surface area is 122 Å². The highest BCUT2D eigenvalue weighted by Crippen LogP contribution is 2.18. The molecule has 0 radical (unpaired) electrons. The van der Waals surface area contributed by atoms with E-state index in [0.717, 1.165) is 12.1 Å². The van der Waals surface area contributed by atoms with Crippen molar-refractivity contribution < 1.29 is 17.6 Å². The van der Waals surface area contributed by atoms with E-state index in [1.54, 1.807) is 13.0 Å². The first-order valence-electron chi connectivity index (χ1n) is 6.34. The molecule has 1 N–H and O–H groups in total. The predicted octanol–water partition coefficient (Wildman–Crippen LogP) is 3.22. The smallest absolute Gasteiger partial charge is 0.261 e. The van der Waals surface area contributed by atoms with Gasteiger partial charge in [-0.05, 0) is 36.4 Å². The highest BCUT2D eigenvalue weighted by molar-refractivity contribution is 7.92. The normalized spacial score (nSPS) is 11.1. The third-order valence-corrected chi connectivity index (χ3v) is 4.26. The third-order valence-electron chi connectivity index (χ3n) is 2.88. The number of hydrogen-bond acceptors (Lipinski definition) is 3. The molecule has 0 heterocycles. The highest BCUT2D eigenvalue weighted by Gasteiger charge is 2.16. The fourth-order valence-corrected chi connectivity index (χ4v) is 2.88. The summed E-state index contributed by atoms with van der Waals surface area (Å²) in [6.45, 7) is 1.71. The first-order chi connectivity index (χ1) is 9.92. The lowest BCUT2D eigenvalue weighted by Crippen LogP contribution is -2.13. The van der Waals surface area contributed by atoms with Gasteiger partial charge < -0.3 is 0 Å². The average Bonchev–Trinajstić information content (AvgIpc) is 2.49. The van der Waals surface area contributed by atoms with Crippen LogP contribution in [0.5, 0.6) is 0 Å². The van der Waals surface area contributed by atoms with Gasteiger partial charge in [0, 0.05) is 17.7 Å². The molecule has 2 aromatic carbocycles. The van der Waals surface area contributed by atoms with Crippen molar-refractivity contribution in [1.82, 2.24) is 0 Å². The molecule has 0 saturated heterocycles. The number of ketones is 1. The Morgan fingerprint density at radius 2 is 1.81 bits per heavy atom. The molecule has 0 aliphatic rings. The van der Waals surface area contributed by atoms with Gasteiger partial charge in [-0.2, -0.15) is 0 Å². The molecule has 4 nitrogen and oxygen atoms in total. The number of rotatable bonds is 5. The lowest BCUT2D eigenvalue weighted by Gasteiger charge is -2.09. The van der Waals surface area contributed by atoms with E-state index in [1.165, 1.54) is 30.3 Å². The van der Waals surface area contributed by atoms with Crippen molar-refractivity contribution in [3.63, 3.8) is 0 Å². The van der Waals surface area contributed by atoms with E-state index in [2.05, 4.69) is 4.72 Å². The number of Topliss-reactive ketones (excluding diaryl/α,β-unsaturated/α-hetero) is 1. The molecule has 0 saturated carbocycles. The number of halogens is 1. The molecule has 0 aliphatic carbocycles. The molecular formula is C15H14FNO3S. The van der Waals surface area contributed by atoms with E-state index in [9.17, 15) is 17.6 Å². The summed E-state index contributed by atoms with van der Waals surface area (Å²) in [4.78, 5) is 11.6. The van der Waals surface area contributed by atoms with E-state index in [-0.39, 0.29) is 16.4 Å². The Bertz CT molecular complexity index is 755. The molecule has 0 fully saturated rings. The quantitative estimate of drug-likeness (QED) is 0.863. The average molecular weight is 307 g/mol. The lowest BCUT2D eigenvalue weighted by atomic mass is 10.1. The molecule has 110 valence electrons. The number of nitrogens with one attached hydrogen (secondary N) is 1. The minimum Gasteiger partial charge on any atom is -0.294 e. The molecule has 0 unspecified atom stereocenters. The van der Waals surface area contributed by atoms with Crippen LogP contribution in [-0.2, 0) is 10.0 Å². The molecule has 0 aliphatic heterocycles. The zero-order valence-corrected chi connectivity index (χ0v) is 12.2. The van der Waals surface area contributed by atoms with Gasteiger partial charge in [0.05, 0.1) is 4.90 Å². The first-order valence-corrected chi connectivity index (χ1v) is 7.82. The zero-order valence-electron chi connectivity index (χ0n) is 11.3. The van der Waals surface area contributed by atoms with Crippen molar-refractivity contribution in [3.05, 3.63) is 59.9 Å². The highest BCUT2D eigenvalue weighted by atomic mass is 32.2. The van der Waals surface area contributed by atoms with Gasteiger partial charge in [0.2, 0.25) is 0 Å². The number of carbonyl (C=O) groups is 1. The summed E-state index contributed by atoms with van der Waals surface area (Å²) in [5.41, 5.74) is 0.600. The van der Waals surface area contributed by atoms with Crippen LogP contribution in [0.25, 0.3) is 0 Å². The second-order valence-electron chi connectivity index (χ2n) is 4.42. The SMILES string of the molecule is CCC(=O)c1cccc(S(=O)(=O)Nc2ccc(F)cc2)c1. The molecule has 6 heteroatoms. The number of hydrogen-bond donors (Lipinski definition) is 1. The standard InChI is InChI=1S/C15H14FNO3S/c1-2-15(18)11-4-3-5-14(10-11)21(19,20)17-13-8-6-12(16)7-9-13/h3-10,17H,2H2,1H3. The lowest BCUT2D eigenvalue weighted by molar-refractivity contribution is 0.0988. The Balaban J connectivity index is 2.31. The van der Waals surface area contributed by atoms with E-state index in [4.69, 9.17) is 0 Å². The molecular weight excluding hydrogens is 293 g/mol. The topological polar surface area (TPSA) is 63.2 Å². The van der Waals surface area contributed by atoms with Gasteiger partial charge >= 0.3 is 0 Å². The van der Waals surface area contributed by atoms with E-state index < -0.39 is 15.8 Å². The molecule has 2 aromatic rings. The molecule has 2 rings (SSSR count). The van der Waals surface area contributed by atoms with Gasteiger partial charge in [0.15, 0.2) is 5.78 Å². The van der Waals surface area contributed by atoms with Crippen molar-refractivity contribution in [1.29, 1.82) is 0 Å². The second-order valence-corrected chi connectivity index (χ2v) is 6.10. The summed E-state index contributed by atoms with van der Waals surface area (Å²) in [5, 5.41) is 0. The maximum Gasteiger partial charge on any atom is 0.261 e. The van der Waals surface area contributed by atoms with Gasteiger partial charge in [0.25, 0.3) is 10.0 Å². The molecule has 21 heavy (non-hydrogen) atoms. The Hall–Kier alpha value is -2.21. The Kier molecular flexibility index (Phi) is 4.37. The van der Waals surface area contributed by atoms with Crippen LogP contribution >= 0.6 is 0 Å². The van der Waals surface area contributed by atoms with Crippen LogP contribution in [0, 0.1) is 5.82 Å². The van der Waals surface area contributed by atoms with Crippen LogP contribution in [0.1, 0.15) is 23.7 Å². The molecule has 0 spiro atoms. The van der Waals surface area contributed by atoms with Crippen LogP contribution in [-0.4, -0.2) is 14.2 Å². The third kappa shape index (κ3) is 3.66. The van der Waals surface area contributed by atoms with Crippen LogP contribution in [0.3, 0.4) is 0 Å². The van der Waals surface area contributed by atoms with Crippen LogP contribution < -0.4 is 4.72 Å². The van der Waals surface area contributed by atoms with Gasteiger partial charge in [-0.3, -0.25) is 9.52 Å². The minimum atomic E-state index is -3.82. The van der Waals surface area contributed by atoms with Crippen LogP contribution in [0.4, 0.5) is 10.1 Å². The molecule has 0 aromatic heterocycles. The van der Waals surface area contributed by atoms with Crippen LogP contribution in [0.2, 0.25) is 0 Å². The van der Waals surface area contributed by atoms with Crippen molar-refractivity contribution in [2.75, 3.05) is 4.72 Å². The number of sulfonamides is 1. The zero-order chi connectivity index (χ0) is 15.5. The Morgan fingerprint density at radius 3 is 2.43 bits per heavy atom. The molecule has 0 bridgehead atoms. The van der Waals surface area contributed by atoms with Gasteiger partial charge in [-0.15, -0.1) is 0 Å². The minimum absolute atomic E-state index is 0.00822. The van der Waals surface area contributed by atoms with Crippen molar-refractivity contribution in [3.8, 4) is 0 Å². The Morgan fingerprint density at radius 1 is 1.14 bits per heavy atom. The summed E-state index contributed by atoms with van der Waals surface area (Å²) >= 11 is 0.